The van der Waals surface area contributed by atoms with Crippen LogP contribution in [0.3, 0.4) is 0 Å². The van der Waals surface area contributed by atoms with Gasteiger partial charge in [0.2, 0.25) is 23.6 Å². The molecule has 5 rings (SSSR count). The van der Waals surface area contributed by atoms with E-state index < -0.39 is 47.8 Å². The summed E-state index contributed by atoms with van der Waals surface area (Å²) in [6, 6.07) is 23.0. The van der Waals surface area contributed by atoms with E-state index in [-0.39, 0.29) is 25.8 Å². The van der Waals surface area contributed by atoms with E-state index in [0.29, 0.717) is 6.42 Å². The van der Waals surface area contributed by atoms with Crippen molar-refractivity contribution in [2.24, 2.45) is 5.73 Å². The lowest BCUT2D eigenvalue weighted by molar-refractivity contribution is -0.133. The van der Waals surface area contributed by atoms with E-state index in [0.717, 1.165) is 27.6 Å². The van der Waals surface area contributed by atoms with Gasteiger partial charge in [-0.05, 0) is 29.2 Å². The van der Waals surface area contributed by atoms with Gasteiger partial charge in [-0.15, -0.1) is 0 Å². The topological polar surface area (TPSA) is 158 Å². The van der Waals surface area contributed by atoms with Crippen LogP contribution in [0.15, 0.2) is 91.1 Å². The van der Waals surface area contributed by atoms with Gasteiger partial charge >= 0.3 is 0 Å². The van der Waals surface area contributed by atoms with Crippen LogP contribution < -0.4 is 27.0 Å². The SMILES string of the molecule is N[C@H]1CC(=O)NC[C@@H](Cc2ccccc2)NC(=O)[C@H](Cc2ccccc2)NC(=O)[C@H](Cc2c[nH]c3ccccc23)NC1=O. The molecule has 4 amide bonds. The van der Waals surface area contributed by atoms with Crippen LogP contribution in [0, 0.1) is 0 Å². The highest BCUT2D eigenvalue weighted by Gasteiger charge is 2.31. The van der Waals surface area contributed by atoms with E-state index >= 15 is 0 Å². The highest BCUT2D eigenvalue weighted by atomic mass is 16.2. The number of nitrogens with two attached hydrogens (primary N) is 1. The molecule has 0 unspecified atom stereocenters. The highest BCUT2D eigenvalue weighted by Crippen LogP contribution is 2.19. The van der Waals surface area contributed by atoms with Crippen molar-refractivity contribution in [2.75, 3.05) is 6.54 Å². The molecule has 0 bridgehead atoms. The Hall–Kier alpha value is -4.96. The number of rotatable bonds is 6. The Morgan fingerprint density at radius 2 is 1.23 bits per heavy atom. The summed E-state index contributed by atoms with van der Waals surface area (Å²) < 4.78 is 0. The van der Waals surface area contributed by atoms with Gasteiger partial charge in [0.25, 0.3) is 0 Å². The maximum Gasteiger partial charge on any atom is 0.243 e. The van der Waals surface area contributed by atoms with E-state index in [2.05, 4.69) is 26.3 Å². The number of fused-ring (bicyclic) bond motifs is 1. The summed E-state index contributed by atoms with van der Waals surface area (Å²) in [6.07, 6.45) is 2.36. The molecule has 2 heterocycles. The highest BCUT2D eigenvalue weighted by molar-refractivity contribution is 5.95. The number of hydrogen-bond acceptors (Lipinski definition) is 5. The number of aromatic amines is 1. The first-order valence-corrected chi connectivity index (χ1v) is 14.4. The van der Waals surface area contributed by atoms with Crippen molar-refractivity contribution in [1.29, 1.82) is 0 Å². The molecule has 1 aliphatic rings. The summed E-state index contributed by atoms with van der Waals surface area (Å²) in [5.74, 6) is -1.97. The number of amides is 4. The van der Waals surface area contributed by atoms with Gasteiger partial charge in [0.05, 0.1) is 18.5 Å². The molecule has 222 valence electrons. The Morgan fingerprint density at radius 3 is 1.95 bits per heavy atom. The predicted molar refractivity (Wildman–Crippen MR) is 164 cm³/mol. The predicted octanol–water partition coefficient (Wildman–Crippen LogP) is 1.50. The standard InChI is InChI=1S/C33H36N6O4/c34-26-18-30(40)36-20-24(15-21-9-3-1-4-10-21)37-32(42)28(16-22-11-5-2-6-12-22)39-33(43)29(38-31(26)41)17-23-19-35-27-14-8-7-13-25(23)27/h1-14,19,24,26,28-29,35H,15-18,20,34H2,(H,36,40)(H,37,42)(H,38,41)(H,39,43)/t24-,26+,28+,29+/m1/s1. The molecule has 10 nitrogen and oxygen atoms in total. The fourth-order valence-electron chi connectivity index (χ4n) is 5.32. The van der Waals surface area contributed by atoms with Gasteiger partial charge in [-0.1, -0.05) is 78.9 Å². The van der Waals surface area contributed by atoms with Crippen molar-refractivity contribution in [1.82, 2.24) is 26.3 Å². The van der Waals surface area contributed by atoms with Gasteiger partial charge in [0, 0.05) is 36.5 Å². The molecule has 4 atom stereocenters. The van der Waals surface area contributed by atoms with Gasteiger partial charge in [-0.3, -0.25) is 19.2 Å². The Labute approximate surface area is 249 Å². The summed E-state index contributed by atoms with van der Waals surface area (Å²) in [4.78, 5) is 56.7. The Balaban J connectivity index is 1.45. The van der Waals surface area contributed by atoms with Gasteiger partial charge in [-0.2, -0.15) is 0 Å². The van der Waals surface area contributed by atoms with Crippen molar-refractivity contribution in [3.8, 4) is 0 Å². The molecule has 0 radical (unpaired) electrons. The molecule has 0 spiro atoms. The lowest BCUT2D eigenvalue weighted by Crippen LogP contribution is -2.59. The van der Waals surface area contributed by atoms with E-state index in [9.17, 15) is 19.2 Å². The van der Waals surface area contributed by atoms with Crippen LogP contribution in [-0.4, -0.2) is 59.3 Å². The summed E-state index contributed by atoms with van der Waals surface area (Å²) >= 11 is 0. The van der Waals surface area contributed by atoms with Gasteiger partial charge in [-0.25, -0.2) is 0 Å². The van der Waals surface area contributed by atoms with Crippen molar-refractivity contribution in [3.63, 3.8) is 0 Å². The van der Waals surface area contributed by atoms with Crippen LogP contribution in [0.5, 0.6) is 0 Å². The molecule has 0 aliphatic carbocycles. The van der Waals surface area contributed by atoms with Gasteiger partial charge < -0.3 is 32.0 Å². The van der Waals surface area contributed by atoms with Gasteiger partial charge in [0.1, 0.15) is 12.1 Å². The molecule has 43 heavy (non-hydrogen) atoms. The molecular weight excluding hydrogens is 544 g/mol. The van der Waals surface area contributed by atoms with Crippen LogP contribution in [-0.2, 0) is 38.4 Å². The number of aromatic nitrogens is 1. The van der Waals surface area contributed by atoms with Gasteiger partial charge in [0.15, 0.2) is 0 Å². The third-order valence-electron chi connectivity index (χ3n) is 7.61. The molecule has 7 N–H and O–H groups in total. The molecule has 1 aromatic heterocycles. The third-order valence-corrected chi connectivity index (χ3v) is 7.61. The fourth-order valence-corrected chi connectivity index (χ4v) is 5.32. The Bertz CT molecular complexity index is 1570. The first-order chi connectivity index (χ1) is 20.9. The molecule has 3 aromatic carbocycles. The van der Waals surface area contributed by atoms with E-state index in [4.69, 9.17) is 5.73 Å². The molecular formula is C33H36N6O4. The average molecular weight is 581 g/mol. The quantitative estimate of drug-likeness (QED) is 0.204. The minimum atomic E-state index is -1.16. The van der Waals surface area contributed by atoms with Crippen molar-refractivity contribution < 1.29 is 19.2 Å². The monoisotopic (exact) mass is 580 g/mol. The average Bonchev–Trinajstić information content (AvgIpc) is 3.42. The second-order valence-corrected chi connectivity index (χ2v) is 10.9. The molecule has 0 saturated carbocycles. The van der Waals surface area contributed by atoms with Crippen LogP contribution in [0.2, 0.25) is 0 Å². The van der Waals surface area contributed by atoms with Crippen LogP contribution in [0.1, 0.15) is 23.1 Å². The maximum absolute atomic E-state index is 13.8. The van der Waals surface area contributed by atoms with E-state index in [1.807, 2.05) is 84.9 Å². The lowest BCUT2D eigenvalue weighted by Gasteiger charge is -2.27. The number of H-pyrrole nitrogens is 1. The second kappa shape index (κ2) is 13.8. The second-order valence-electron chi connectivity index (χ2n) is 10.9. The largest absolute Gasteiger partial charge is 0.361 e. The minimum Gasteiger partial charge on any atom is -0.361 e. The first-order valence-electron chi connectivity index (χ1n) is 14.4. The van der Waals surface area contributed by atoms with Crippen molar-refractivity contribution in [3.05, 3.63) is 108 Å². The van der Waals surface area contributed by atoms with Crippen molar-refractivity contribution in [2.45, 2.75) is 49.9 Å². The number of carbonyl (C=O) groups is 4. The number of hydrogen-bond donors (Lipinski definition) is 6. The molecule has 10 heteroatoms. The van der Waals surface area contributed by atoms with Crippen LogP contribution in [0.25, 0.3) is 10.9 Å². The molecule has 1 aliphatic heterocycles. The molecule has 4 aromatic rings. The molecule has 1 saturated heterocycles. The zero-order chi connectivity index (χ0) is 30.2. The van der Waals surface area contributed by atoms with Crippen LogP contribution >= 0.6 is 0 Å². The summed E-state index contributed by atoms with van der Waals surface area (Å²) in [7, 11) is 0. The zero-order valence-electron chi connectivity index (χ0n) is 23.7. The van der Waals surface area contributed by atoms with E-state index in [1.54, 1.807) is 6.20 Å². The first kappa shape index (κ1) is 29.5. The molecule has 1 fully saturated rings. The Kier molecular flexibility index (Phi) is 9.48. The number of para-hydroxylation sites is 1. The summed E-state index contributed by atoms with van der Waals surface area (Å²) in [6.45, 7) is 0.128. The van der Waals surface area contributed by atoms with Crippen LogP contribution in [0.4, 0.5) is 0 Å². The number of carbonyl (C=O) groups excluding carboxylic acids is 4. The smallest absolute Gasteiger partial charge is 0.243 e. The summed E-state index contributed by atoms with van der Waals surface area (Å²) in [5.41, 5.74) is 9.66. The summed E-state index contributed by atoms with van der Waals surface area (Å²) in [5, 5.41) is 12.4. The van der Waals surface area contributed by atoms with E-state index in [1.165, 1.54) is 0 Å². The zero-order valence-corrected chi connectivity index (χ0v) is 23.7. The lowest BCUT2D eigenvalue weighted by atomic mass is 10.0. The van der Waals surface area contributed by atoms with Crippen molar-refractivity contribution >= 4 is 34.5 Å². The maximum atomic E-state index is 13.8. The Morgan fingerprint density at radius 1 is 0.651 bits per heavy atom. The fraction of sp³-hybridized carbons (Fsp3) is 0.273. The minimum absolute atomic E-state index is 0.128. The number of benzene rings is 3. The normalized spacial score (nSPS) is 22.2. The third kappa shape index (κ3) is 7.87. The number of nitrogens with one attached hydrogen (secondary N) is 5.